The molecule has 0 bridgehead atoms. The summed E-state index contributed by atoms with van der Waals surface area (Å²) in [6.07, 6.45) is 6.54. The second kappa shape index (κ2) is 6.13. The number of aromatic nitrogens is 4. The second-order valence-corrected chi connectivity index (χ2v) is 5.82. The van der Waals surface area contributed by atoms with Crippen LogP contribution in [0.1, 0.15) is 10.5 Å². The summed E-state index contributed by atoms with van der Waals surface area (Å²) in [4.78, 5) is 29.3. The van der Waals surface area contributed by atoms with Gasteiger partial charge in [-0.1, -0.05) is 6.07 Å². The number of thiazole rings is 1. The molecule has 0 aliphatic carbocycles. The van der Waals surface area contributed by atoms with E-state index in [9.17, 15) is 4.79 Å². The largest absolute Gasteiger partial charge is 0.320 e. The van der Waals surface area contributed by atoms with Crippen LogP contribution in [-0.2, 0) is 0 Å². The fourth-order valence-corrected chi connectivity index (χ4v) is 3.06. The van der Waals surface area contributed by atoms with Crippen LogP contribution in [0.5, 0.6) is 0 Å². The van der Waals surface area contributed by atoms with Crippen molar-refractivity contribution in [2.45, 2.75) is 0 Å². The van der Waals surface area contributed by atoms with Gasteiger partial charge in [-0.3, -0.25) is 19.7 Å². The molecule has 24 heavy (non-hydrogen) atoms. The van der Waals surface area contributed by atoms with E-state index >= 15 is 0 Å². The molecule has 0 atom stereocenters. The predicted molar refractivity (Wildman–Crippen MR) is 92.8 cm³/mol. The Balaban J connectivity index is 1.62. The van der Waals surface area contributed by atoms with E-state index in [1.54, 1.807) is 30.2 Å². The number of rotatable bonds is 3. The average Bonchev–Trinajstić information content (AvgIpc) is 3.13. The van der Waals surface area contributed by atoms with Crippen LogP contribution in [0.25, 0.3) is 21.6 Å². The molecule has 0 fully saturated rings. The monoisotopic (exact) mass is 333 g/mol. The van der Waals surface area contributed by atoms with Crippen LogP contribution in [0.2, 0.25) is 0 Å². The first-order valence-corrected chi connectivity index (χ1v) is 8.06. The molecule has 1 aromatic carbocycles. The lowest BCUT2D eigenvalue weighted by Gasteiger charge is -2.06. The third kappa shape index (κ3) is 2.72. The Hall–Kier alpha value is -3.19. The zero-order chi connectivity index (χ0) is 16.4. The molecule has 4 aromatic rings. The minimum absolute atomic E-state index is 0.266. The van der Waals surface area contributed by atoms with Crippen LogP contribution in [0.15, 0.2) is 60.5 Å². The fourth-order valence-electron chi connectivity index (χ4n) is 2.30. The summed E-state index contributed by atoms with van der Waals surface area (Å²) >= 11 is 1.36. The molecule has 3 aromatic heterocycles. The molecule has 6 nitrogen and oxygen atoms in total. The van der Waals surface area contributed by atoms with Gasteiger partial charge in [0.2, 0.25) is 0 Å². The lowest BCUT2D eigenvalue weighted by Crippen LogP contribution is -2.12. The van der Waals surface area contributed by atoms with Crippen LogP contribution >= 0.6 is 11.3 Å². The van der Waals surface area contributed by atoms with E-state index < -0.39 is 0 Å². The standard InChI is InChI=1S/C17H11N5OS/c23-16(15-10-24-17(22-15)14-9-18-7-8-20-14)21-13-5-1-4-12-11(13)3-2-6-19-12/h1-10H,(H,21,23). The SMILES string of the molecule is O=C(Nc1cccc2ncccc12)c1csc(-c2cnccn2)n1. The molecule has 0 unspecified atom stereocenters. The number of hydrogen-bond donors (Lipinski definition) is 1. The lowest BCUT2D eigenvalue weighted by atomic mass is 10.2. The summed E-state index contributed by atoms with van der Waals surface area (Å²) in [6, 6.07) is 9.37. The summed E-state index contributed by atoms with van der Waals surface area (Å²) < 4.78 is 0. The van der Waals surface area contributed by atoms with Crippen LogP contribution < -0.4 is 5.32 Å². The van der Waals surface area contributed by atoms with Gasteiger partial charge >= 0.3 is 0 Å². The molecule has 4 rings (SSSR count). The van der Waals surface area contributed by atoms with Crippen molar-refractivity contribution in [2.75, 3.05) is 5.32 Å². The van der Waals surface area contributed by atoms with Crippen molar-refractivity contribution in [1.82, 2.24) is 19.9 Å². The average molecular weight is 333 g/mol. The van der Waals surface area contributed by atoms with Crippen molar-refractivity contribution >= 4 is 33.8 Å². The van der Waals surface area contributed by atoms with E-state index in [4.69, 9.17) is 0 Å². The quantitative estimate of drug-likeness (QED) is 0.621. The summed E-state index contributed by atoms with van der Waals surface area (Å²) in [5.74, 6) is -0.266. The number of nitrogens with one attached hydrogen (secondary N) is 1. The highest BCUT2D eigenvalue weighted by Crippen LogP contribution is 2.24. The molecular formula is C17H11N5OS. The number of anilines is 1. The summed E-state index contributed by atoms with van der Waals surface area (Å²) in [5, 5.41) is 6.15. The summed E-state index contributed by atoms with van der Waals surface area (Å²) in [6.45, 7) is 0. The number of amides is 1. The number of fused-ring (bicyclic) bond motifs is 1. The number of pyridine rings is 1. The van der Waals surface area contributed by atoms with Crippen molar-refractivity contribution < 1.29 is 4.79 Å². The van der Waals surface area contributed by atoms with Crippen molar-refractivity contribution in [3.63, 3.8) is 0 Å². The highest BCUT2D eigenvalue weighted by Gasteiger charge is 2.14. The van der Waals surface area contributed by atoms with Crippen LogP contribution in [0.4, 0.5) is 5.69 Å². The van der Waals surface area contributed by atoms with Gasteiger partial charge in [0.15, 0.2) is 0 Å². The first kappa shape index (κ1) is 14.4. The number of nitrogens with zero attached hydrogens (tertiary/aromatic N) is 4. The molecule has 0 saturated carbocycles. The smallest absolute Gasteiger partial charge is 0.275 e. The number of carbonyl (C=O) groups excluding carboxylic acids is 1. The molecule has 0 radical (unpaired) electrons. The van der Waals surface area contributed by atoms with Gasteiger partial charge in [0.25, 0.3) is 5.91 Å². The van der Waals surface area contributed by atoms with E-state index in [1.807, 2.05) is 30.3 Å². The molecule has 0 aliphatic heterocycles. The predicted octanol–water partition coefficient (Wildman–Crippen LogP) is 3.40. The Kier molecular flexibility index (Phi) is 3.68. The Bertz CT molecular complexity index is 1010. The Morgan fingerprint density at radius 3 is 2.88 bits per heavy atom. The molecule has 116 valence electrons. The molecular weight excluding hydrogens is 322 g/mol. The third-order valence-corrected chi connectivity index (χ3v) is 4.28. The topological polar surface area (TPSA) is 80.7 Å². The molecule has 0 aliphatic rings. The van der Waals surface area contributed by atoms with Gasteiger partial charge in [-0.2, -0.15) is 0 Å². The lowest BCUT2D eigenvalue weighted by molar-refractivity contribution is 0.102. The minimum Gasteiger partial charge on any atom is -0.320 e. The van der Waals surface area contributed by atoms with Crippen LogP contribution in [-0.4, -0.2) is 25.8 Å². The summed E-state index contributed by atoms with van der Waals surface area (Å²) in [7, 11) is 0. The van der Waals surface area contributed by atoms with Gasteiger partial charge in [-0.15, -0.1) is 11.3 Å². The molecule has 0 spiro atoms. The maximum Gasteiger partial charge on any atom is 0.275 e. The Morgan fingerprint density at radius 1 is 1.04 bits per heavy atom. The van der Waals surface area contributed by atoms with Crippen molar-refractivity contribution in [2.24, 2.45) is 0 Å². The first-order valence-electron chi connectivity index (χ1n) is 7.18. The molecule has 7 heteroatoms. The van der Waals surface area contributed by atoms with E-state index in [-0.39, 0.29) is 5.91 Å². The molecule has 0 saturated heterocycles. The number of benzene rings is 1. The van der Waals surface area contributed by atoms with E-state index in [2.05, 4.69) is 25.3 Å². The maximum atomic E-state index is 12.5. The van der Waals surface area contributed by atoms with Gasteiger partial charge in [-0.05, 0) is 24.3 Å². The number of carbonyl (C=O) groups is 1. The molecule has 1 amide bonds. The van der Waals surface area contributed by atoms with Crippen LogP contribution in [0, 0.1) is 0 Å². The van der Waals surface area contributed by atoms with Gasteiger partial charge < -0.3 is 5.32 Å². The Labute approximate surface area is 141 Å². The highest BCUT2D eigenvalue weighted by molar-refractivity contribution is 7.13. The van der Waals surface area contributed by atoms with Crippen molar-refractivity contribution in [3.8, 4) is 10.7 Å². The molecule has 3 heterocycles. The fraction of sp³-hybridized carbons (Fsp3) is 0. The normalized spacial score (nSPS) is 10.7. The van der Waals surface area contributed by atoms with E-state index in [1.165, 1.54) is 11.3 Å². The van der Waals surface area contributed by atoms with E-state index in [0.717, 1.165) is 10.9 Å². The van der Waals surface area contributed by atoms with Gasteiger partial charge in [0.1, 0.15) is 16.4 Å². The maximum absolute atomic E-state index is 12.5. The van der Waals surface area contributed by atoms with Gasteiger partial charge in [0.05, 0.1) is 17.4 Å². The first-order chi connectivity index (χ1) is 11.8. The van der Waals surface area contributed by atoms with Crippen LogP contribution in [0.3, 0.4) is 0 Å². The van der Waals surface area contributed by atoms with Crippen molar-refractivity contribution in [3.05, 3.63) is 66.2 Å². The zero-order valence-corrected chi connectivity index (χ0v) is 13.2. The van der Waals surface area contributed by atoms with Crippen molar-refractivity contribution in [1.29, 1.82) is 0 Å². The van der Waals surface area contributed by atoms with Gasteiger partial charge in [0, 0.05) is 29.4 Å². The molecule has 1 N–H and O–H groups in total. The summed E-state index contributed by atoms with van der Waals surface area (Å²) in [5.41, 5.74) is 2.53. The van der Waals surface area contributed by atoms with Gasteiger partial charge in [-0.25, -0.2) is 4.98 Å². The third-order valence-electron chi connectivity index (χ3n) is 3.41. The van der Waals surface area contributed by atoms with E-state index in [0.29, 0.717) is 22.1 Å². The Morgan fingerprint density at radius 2 is 2.00 bits per heavy atom. The number of hydrogen-bond acceptors (Lipinski definition) is 6. The second-order valence-electron chi connectivity index (χ2n) is 4.96. The minimum atomic E-state index is -0.266. The highest BCUT2D eigenvalue weighted by atomic mass is 32.1. The zero-order valence-electron chi connectivity index (χ0n) is 12.4.